The second-order valence-corrected chi connectivity index (χ2v) is 7.50. The highest BCUT2D eigenvalue weighted by atomic mass is 79.9. The minimum atomic E-state index is -3.85. The van der Waals surface area contributed by atoms with Crippen molar-refractivity contribution in [3.8, 4) is 5.75 Å². The molecule has 21 heavy (non-hydrogen) atoms. The van der Waals surface area contributed by atoms with Crippen LogP contribution in [0.25, 0.3) is 0 Å². The molecule has 0 fully saturated rings. The maximum atomic E-state index is 12.4. The van der Waals surface area contributed by atoms with Crippen molar-refractivity contribution in [2.75, 3.05) is 17.6 Å². The van der Waals surface area contributed by atoms with Gasteiger partial charge in [0.05, 0.1) is 12.8 Å². The van der Waals surface area contributed by atoms with Crippen molar-refractivity contribution in [1.82, 2.24) is 4.98 Å². The van der Waals surface area contributed by atoms with Crippen LogP contribution in [0.5, 0.6) is 5.75 Å². The lowest BCUT2D eigenvalue weighted by Gasteiger charge is -2.11. The molecule has 0 saturated carbocycles. The number of aromatic nitrogens is 1. The largest absolute Gasteiger partial charge is 0.497 e. The number of sulfonamides is 1. The lowest BCUT2D eigenvalue weighted by Crippen LogP contribution is -2.15. The zero-order valence-corrected chi connectivity index (χ0v) is 14.8. The van der Waals surface area contributed by atoms with E-state index in [0.29, 0.717) is 20.4 Å². The van der Waals surface area contributed by atoms with Crippen LogP contribution in [0, 0.1) is 0 Å². The second-order valence-electron chi connectivity index (χ2n) is 4.02. The molecule has 112 valence electrons. The number of benzene rings is 1. The van der Waals surface area contributed by atoms with Gasteiger partial charge in [-0.2, -0.15) is 0 Å². The minimum absolute atomic E-state index is 0.0762. The Morgan fingerprint density at radius 2 is 1.90 bits per heavy atom. The molecular formula is C12H11Br2N3O3S. The number of anilines is 2. The Morgan fingerprint density at radius 1 is 1.19 bits per heavy atom. The van der Waals surface area contributed by atoms with E-state index in [0.717, 1.165) is 0 Å². The van der Waals surface area contributed by atoms with Crippen molar-refractivity contribution in [2.45, 2.75) is 4.90 Å². The zero-order valence-electron chi connectivity index (χ0n) is 10.8. The third-order valence-electron chi connectivity index (χ3n) is 2.50. The molecule has 0 aliphatic carbocycles. The molecule has 2 rings (SSSR count). The van der Waals surface area contributed by atoms with Crippen molar-refractivity contribution in [1.29, 1.82) is 0 Å². The Morgan fingerprint density at radius 3 is 2.57 bits per heavy atom. The maximum absolute atomic E-state index is 12.4. The van der Waals surface area contributed by atoms with Crippen molar-refractivity contribution >= 4 is 53.4 Å². The number of methoxy groups -OCH3 is 1. The van der Waals surface area contributed by atoms with E-state index in [1.807, 2.05) is 0 Å². The quantitative estimate of drug-likeness (QED) is 0.768. The van der Waals surface area contributed by atoms with E-state index < -0.39 is 10.0 Å². The first kappa shape index (κ1) is 16.1. The van der Waals surface area contributed by atoms with Gasteiger partial charge >= 0.3 is 0 Å². The molecule has 0 saturated heterocycles. The Balaban J connectivity index is 2.42. The molecule has 1 heterocycles. The van der Waals surface area contributed by atoms with Gasteiger partial charge in [0.15, 0.2) is 0 Å². The van der Waals surface area contributed by atoms with Crippen LogP contribution < -0.4 is 15.2 Å². The van der Waals surface area contributed by atoms with E-state index in [4.69, 9.17) is 10.5 Å². The summed E-state index contributed by atoms with van der Waals surface area (Å²) >= 11 is 6.46. The Kier molecular flexibility index (Phi) is 4.74. The summed E-state index contributed by atoms with van der Waals surface area (Å²) in [5.74, 6) is 0.440. The Labute approximate surface area is 139 Å². The van der Waals surface area contributed by atoms with Crippen LogP contribution in [0.2, 0.25) is 0 Å². The third kappa shape index (κ3) is 3.86. The van der Waals surface area contributed by atoms with Gasteiger partial charge in [0.2, 0.25) is 0 Å². The van der Waals surface area contributed by atoms with E-state index in [2.05, 4.69) is 41.6 Å². The number of nitrogens with two attached hydrogens (primary N) is 1. The van der Waals surface area contributed by atoms with E-state index in [9.17, 15) is 8.42 Å². The predicted octanol–water partition coefficient (Wildman–Crippen LogP) is 3.00. The number of pyridine rings is 1. The number of nitrogen functional groups attached to an aromatic ring is 1. The number of rotatable bonds is 4. The van der Waals surface area contributed by atoms with Crippen LogP contribution in [-0.4, -0.2) is 20.5 Å². The number of hydrogen-bond acceptors (Lipinski definition) is 5. The molecule has 0 spiro atoms. The highest BCUT2D eigenvalue weighted by molar-refractivity contribution is 9.10. The average molecular weight is 437 g/mol. The van der Waals surface area contributed by atoms with Gasteiger partial charge in [0, 0.05) is 21.2 Å². The van der Waals surface area contributed by atoms with Crippen LogP contribution in [0.4, 0.5) is 11.5 Å². The molecule has 0 amide bonds. The molecule has 0 atom stereocenters. The molecule has 0 radical (unpaired) electrons. The van der Waals surface area contributed by atoms with Crippen LogP contribution >= 0.6 is 31.9 Å². The molecule has 0 aliphatic rings. The number of halogens is 2. The van der Waals surface area contributed by atoms with Crippen molar-refractivity contribution in [2.24, 2.45) is 0 Å². The zero-order chi connectivity index (χ0) is 15.6. The summed E-state index contributed by atoms with van der Waals surface area (Å²) in [6.45, 7) is 0. The number of ether oxygens (including phenoxy) is 1. The summed E-state index contributed by atoms with van der Waals surface area (Å²) in [6.07, 6.45) is 1.43. The van der Waals surface area contributed by atoms with Crippen molar-refractivity contribution in [3.63, 3.8) is 0 Å². The van der Waals surface area contributed by atoms with Crippen LogP contribution in [-0.2, 0) is 10.0 Å². The lowest BCUT2D eigenvalue weighted by atomic mass is 10.3. The molecule has 6 nitrogen and oxygen atoms in total. The molecular weight excluding hydrogens is 426 g/mol. The van der Waals surface area contributed by atoms with Crippen LogP contribution in [0.1, 0.15) is 0 Å². The lowest BCUT2D eigenvalue weighted by molar-refractivity contribution is 0.415. The normalized spacial score (nSPS) is 11.2. The number of hydrogen-bond donors (Lipinski definition) is 2. The summed E-state index contributed by atoms with van der Waals surface area (Å²) in [6, 6.07) is 6.28. The molecule has 9 heteroatoms. The van der Waals surface area contributed by atoms with Gasteiger partial charge in [-0.25, -0.2) is 13.4 Å². The highest BCUT2D eigenvalue weighted by Crippen LogP contribution is 2.28. The first-order valence-corrected chi connectivity index (χ1v) is 8.67. The first-order valence-electron chi connectivity index (χ1n) is 5.60. The fourth-order valence-corrected chi connectivity index (χ4v) is 3.70. The number of nitrogens with zero attached hydrogens (tertiary/aromatic N) is 1. The van der Waals surface area contributed by atoms with Crippen molar-refractivity contribution in [3.05, 3.63) is 39.4 Å². The molecule has 3 N–H and O–H groups in total. The van der Waals surface area contributed by atoms with Gasteiger partial charge in [-0.05, 0) is 34.1 Å². The van der Waals surface area contributed by atoms with Gasteiger partial charge in [0.1, 0.15) is 16.5 Å². The topological polar surface area (TPSA) is 94.3 Å². The van der Waals surface area contributed by atoms with Gasteiger partial charge in [-0.3, -0.25) is 4.72 Å². The molecule has 0 bridgehead atoms. The molecule has 0 aliphatic heterocycles. The van der Waals surface area contributed by atoms with Gasteiger partial charge < -0.3 is 10.5 Å². The molecule has 0 unspecified atom stereocenters. The van der Waals surface area contributed by atoms with Crippen molar-refractivity contribution < 1.29 is 13.2 Å². The van der Waals surface area contributed by atoms with E-state index in [-0.39, 0.29) is 10.7 Å². The summed E-state index contributed by atoms with van der Waals surface area (Å²) < 4.78 is 33.5. The highest BCUT2D eigenvalue weighted by Gasteiger charge is 2.19. The minimum Gasteiger partial charge on any atom is -0.497 e. The Bertz CT molecular complexity index is 781. The van der Waals surface area contributed by atoms with Gasteiger partial charge in [-0.1, -0.05) is 15.9 Å². The molecule has 2 aromatic rings. The fraction of sp³-hybridized carbons (Fsp3) is 0.0833. The summed E-state index contributed by atoms with van der Waals surface area (Å²) in [7, 11) is -2.36. The summed E-state index contributed by atoms with van der Waals surface area (Å²) in [5.41, 5.74) is 5.98. The van der Waals surface area contributed by atoms with Gasteiger partial charge in [-0.15, -0.1) is 0 Å². The second kappa shape index (κ2) is 6.20. The van der Waals surface area contributed by atoms with Gasteiger partial charge in [0.25, 0.3) is 10.0 Å². The van der Waals surface area contributed by atoms with E-state index in [1.54, 1.807) is 18.2 Å². The molecule has 1 aromatic carbocycles. The average Bonchev–Trinajstić information content (AvgIpc) is 2.40. The predicted molar refractivity (Wildman–Crippen MR) is 87.9 cm³/mol. The maximum Gasteiger partial charge on any atom is 0.265 e. The molecule has 1 aromatic heterocycles. The van der Waals surface area contributed by atoms with Crippen LogP contribution in [0.3, 0.4) is 0 Å². The third-order valence-corrected chi connectivity index (χ3v) is 4.80. The van der Waals surface area contributed by atoms with Crippen LogP contribution in [0.15, 0.2) is 44.3 Å². The Hall–Kier alpha value is -1.32. The van der Waals surface area contributed by atoms with E-state index >= 15 is 0 Å². The first-order chi connectivity index (χ1) is 9.81. The van der Waals surface area contributed by atoms with E-state index in [1.165, 1.54) is 19.4 Å². The standard InChI is InChI=1S/C12H11Br2N3O3S/c1-20-10-3-7(13)2-9(5-10)17-21(18,19)11-4-8(14)6-16-12(11)15/h2-6,17H,1H3,(H2,15,16). The summed E-state index contributed by atoms with van der Waals surface area (Å²) in [4.78, 5) is 3.71. The summed E-state index contributed by atoms with van der Waals surface area (Å²) in [5, 5.41) is 0. The monoisotopic (exact) mass is 435 g/mol. The smallest absolute Gasteiger partial charge is 0.265 e. The fourth-order valence-electron chi connectivity index (χ4n) is 1.60. The SMILES string of the molecule is COc1cc(Br)cc(NS(=O)(=O)c2cc(Br)cnc2N)c1. The number of nitrogens with one attached hydrogen (secondary N) is 1.